The van der Waals surface area contributed by atoms with E-state index < -0.39 is 5.54 Å². The third kappa shape index (κ3) is 2.71. The van der Waals surface area contributed by atoms with E-state index in [0.29, 0.717) is 17.8 Å². The first-order chi connectivity index (χ1) is 12.5. The van der Waals surface area contributed by atoms with E-state index in [2.05, 4.69) is 29.2 Å². The van der Waals surface area contributed by atoms with Gasteiger partial charge >= 0.3 is 0 Å². The second-order valence-corrected chi connectivity index (χ2v) is 7.25. The number of nitrogens with one attached hydrogen (secondary N) is 1. The van der Waals surface area contributed by atoms with Crippen LogP contribution in [-0.4, -0.2) is 42.5 Å². The topological polar surface area (TPSA) is 80.3 Å². The highest BCUT2D eigenvalue weighted by molar-refractivity contribution is 5.75. The number of hydrogen-bond acceptors (Lipinski definition) is 6. The van der Waals surface area contributed by atoms with E-state index in [1.54, 1.807) is 10.8 Å². The van der Waals surface area contributed by atoms with Gasteiger partial charge in [0.15, 0.2) is 5.82 Å². The molecule has 26 heavy (non-hydrogen) atoms. The Morgan fingerprint density at radius 1 is 1.38 bits per heavy atom. The lowest BCUT2D eigenvalue weighted by molar-refractivity contribution is -0.111. The van der Waals surface area contributed by atoms with Crippen LogP contribution in [0.15, 0.2) is 30.9 Å². The molecule has 4 heterocycles. The van der Waals surface area contributed by atoms with Gasteiger partial charge in [-0.25, -0.2) is 9.50 Å². The van der Waals surface area contributed by atoms with Gasteiger partial charge in [0.05, 0.1) is 11.9 Å². The van der Waals surface area contributed by atoms with Gasteiger partial charge < -0.3 is 19.6 Å². The summed E-state index contributed by atoms with van der Waals surface area (Å²) in [7, 11) is 0. The van der Waals surface area contributed by atoms with Crippen LogP contribution in [0, 0.1) is 0 Å². The van der Waals surface area contributed by atoms with Gasteiger partial charge in [-0.3, -0.25) is 0 Å². The molecule has 0 aliphatic carbocycles. The molecule has 1 atom stereocenters. The monoisotopic (exact) mass is 353 g/mol. The highest BCUT2D eigenvalue weighted by Gasteiger charge is 2.38. The molecule has 8 heteroatoms. The molecule has 8 nitrogen and oxygen atoms in total. The van der Waals surface area contributed by atoms with Crippen LogP contribution in [-0.2, 0) is 4.79 Å². The van der Waals surface area contributed by atoms with Crippen molar-refractivity contribution in [3.8, 4) is 0 Å². The normalized spacial score (nSPS) is 20.2. The maximum absolute atomic E-state index is 11.6. The van der Waals surface area contributed by atoms with Crippen LogP contribution in [0.4, 0.5) is 17.6 Å². The maximum atomic E-state index is 11.6. The Hall–Kier alpha value is -2.90. The molecule has 0 bridgehead atoms. The van der Waals surface area contributed by atoms with Gasteiger partial charge in [0.2, 0.25) is 5.95 Å². The fraction of sp³-hybridized carbons (Fsp3) is 0.444. The fourth-order valence-electron chi connectivity index (χ4n) is 3.37. The number of aldehydes is 1. The smallest absolute Gasteiger partial charge is 0.246 e. The number of carbonyl (C=O) groups excluding carboxylic acids is 1. The lowest BCUT2D eigenvalue weighted by atomic mass is 10.0. The molecular weight excluding hydrogens is 330 g/mol. The zero-order valence-electron chi connectivity index (χ0n) is 15.3. The van der Waals surface area contributed by atoms with Crippen molar-refractivity contribution in [3.05, 3.63) is 30.9 Å². The Morgan fingerprint density at radius 2 is 2.23 bits per heavy atom. The third-order valence-electron chi connectivity index (χ3n) is 5.00. The van der Waals surface area contributed by atoms with E-state index in [1.807, 2.05) is 40.9 Å². The molecule has 0 unspecified atom stereocenters. The van der Waals surface area contributed by atoms with Gasteiger partial charge in [-0.2, -0.15) is 4.98 Å². The largest absolute Gasteiger partial charge is 0.333 e. The highest BCUT2D eigenvalue weighted by Crippen LogP contribution is 2.32. The van der Waals surface area contributed by atoms with Crippen LogP contribution in [0.5, 0.6) is 0 Å². The van der Waals surface area contributed by atoms with Crippen LogP contribution in [0.1, 0.15) is 39.7 Å². The molecular formula is C18H23N7O. The molecule has 1 N–H and O–H groups in total. The van der Waals surface area contributed by atoms with Crippen molar-refractivity contribution in [2.75, 3.05) is 16.8 Å². The van der Waals surface area contributed by atoms with E-state index in [-0.39, 0.29) is 0 Å². The second kappa shape index (κ2) is 6.12. The minimum absolute atomic E-state index is 0.338. The van der Waals surface area contributed by atoms with Crippen molar-refractivity contribution in [1.82, 2.24) is 24.1 Å². The highest BCUT2D eigenvalue weighted by atomic mass is 16.1. The van der Waals surface area contributed by atoms with Crippen molar-refractivity contribution < 1.29 is 4.79 Å². The summed E-state index contributed by atoms with van der Waals surface area (Å²) in [6.07, 6.45) is 8.40. The third-order valence-corrected chi connectivity index (χ3v) is 5.00. The quantitative estimate of drug-likeness (QED) is 0.711. The Balaban J connectivity index is 1.74. The molecule has 0 saturated carbocycles. The second-order valence-electron chi connectivity index (χ2n) is 7.25. The molecule has 0 aromatic carbocycles. The molecule has 1 saturated heterocycles. The van der Waals surface area contributed by atoms with E-state index in [4.69, 9.17) is 4.98 Å². The summed E-state index contributed by atoms with van der Waals surface area (Å²) in [5.41, 5.74) is 0.303. The summed E-state index contributed by atoms with van der Waals surface area (Å²) in [6.45, 7) is 6.91. The Labute approximate surface area is 151 Å². The van der Waals surface area contributed by atoms with Crippen molar-refractivity contribution in [2.45, 2.75) is 45.2 Å². The van der Waals surface area contributed by atoms with Gasteiger partial charge in [-0.1, -0.05) is 0 Å². The van der Waals surface area contributed by atoms with E-state index >= 15 is 0 Å². The van der Waals surface area contributed by atoms with Crippen molar-refractivity contribution in [2.24, 2.45) is 0 Å². The number of fused-ring (bicyclic) bond motifs is 1. The van der Waals surface area contributed by atoms with Gasteiger partial charge in [0.25, 0.3) is 0 Å². The minimum atomic E-state index is -0.558. The molecule has 3 aromatic heterocycles. The summed E-state index contributed by atoms with van der Waals surface area (Å²) in [5.74, 6) is 1.95. The molecule has 136 valence electrons. The van der Waals surface area contributed by atoms with Gasteiger partial charge in [-0.05, 0) is 45.7 Å². The summed E-state index contributed by atoms with van der Waals surface area (Å²) < 4.78 is 3.82. The van der Waals surface area contributed by atoms with Crippen LogP contribution in [0.3, 0.4) is 0 Å². The molecule has 1 aliphatic rings. The first-order valence-electron chi connectivity index (χ1n) is 8.90. The van der Waals surface area contributed by atoms with Gasteiger partial charge in [0, 0.05) is 25.0 Å². The first-order valence-corrected chi connectivity index (χ1v) is 8.90. The van der Waals surface area contributed by atoms with Crippen LogP contribution in [0.25, 0.3) is 5.52 Å². The van der Waals surface area contributed by atoms with E-state index in [0.717, 1.165) is 37.0 Å². The average Bonchev–Trinajstić information content (AvgIpc) is 3.34. The number of carbonyl (C=O) groups is 1. The minimum Gasteiger partial charge on any atom is -0.333 e. The maximum Gasteiger partial charge on any atom is 0.246 e. The Morgan fingerprint density at radius 3 is 2.96 bits per heavy atom. The summed E-state index contributed by atoms with van der Waals surface area (Å²) in [6, 6.07) is 4.22. The summed E-state index contributed by atoms with van der Waals surface area (Å²) in [4.78, 5) is 22.8. The fourth-order valence-corrected chi connectivity index (χ4v) is 3.37. The van der Waals surface area contributed by atoms with E-state index in [1.165, 1.54) is 0 Å². The predicted octanol–water partition coefficient (Wildman–Crippen LogP) is 2.81. The van der Waals surface area contributed by atoms with Crippen LogP contribution >= 0.6 is 0 Å². The number of imidazole rings is 1. The van der Waals surface area contributed by atoms with Crippen molar-refractivity contribution in [1.29, 1.82) is 0 Å². The van der Waals surface area contributed by atoms with Crippen LogP contribution in [0.2, 0.25) is 0 Å². The number of aromatic nitrogens is 5. The zero-order chi connectivity index (χ0) is 18.3. The van der Waals surface area contributed by atoms with Gasteiger partial charge in [-0.15, -0.1) is 5.10 Å². The zero-order valence-corrected chi connectivity index (χ0v) is 15.3. The molecule has 1 fully saturated rings. The lowest BCUT2D eigenvalue weighted by Gasteiger charge is -2.30. The molecule has 0 spiro atoms. The molecule has 4 rings (SSSR count). The standard InChI is InChI=1S/C18H23N7O/c1-13(2)23-10-15(19-12-23)20-16-14-6-4-9-25(14)22-17(21-16)24-8-5-7-18(24,3)11-26/h4,6,9-13H,5,7-8H2,1-3H3,(H,20,21,22)/t18-/m0/s1. The summed E-state index contributed by atoms with van der Waals surface area (Å²) >= 11 is 0. The van der Waals surface area contributed by atoms with Crippen molar-refractivity contribution in [3.63, 3.8) is 0 Å². The number of hydrogen-bond donors (Lipinski definition) is 1. The average molecular weight is 353 g/mol. The lowest BCUT2D eigenvalue weighted by Crippen LogP contribution is -2.43. The Bertz CT molecular complexity index is 944. The number of anilines is 3. The van der Waals surface area contributed by atoms with Gasteiger partial charge in [0.1, 0.15) is 17.6 Å². The Kier molecular flexibility index (Phi) is 3.90. The summed E-state index contributed by atoms with van der Waals surface area (Å²) in [5, 5.41) is 7.90. The molecule has 1 aliphatic heterocycles. The molecule has 0 radical (unpaired) electrons. The number of rotatable bonds is 5. The first kappa shape index (κ1) is 16.6. The van der Waals surface area contributed by atoms with E-state index in [9.17, 15) is 4.79 Å². The van der Waals surface area contributed by atoms with Crippen molar-refractivity contribution >= 4 is 29.4 Å². The number of nitrogens with zero attached hydrogens (tertiary/aromatic N) is 6. The SMILES string of the molecule is CC(C)n1cnc(Nc2nc(N3CCC[C@@]3(C)C=O)nn3cccc23)c1. The molecule has 3 aromatic rings. The van der Waals surface area contributed by atoms with Crippen LogP contribution < -0.4 is 10.2 Å². The molecule has 0 amide bonds. The predicted molar refractivity (Wildman–Crippen MR) is 99.9 cm³/mol.